The Morgan fingerprint density at radius 2 is 2.10 bits per heavy atom. The fraction of sp³-hybridized carbons (Fsp3) is 0.600. The number of fused-ring (bicyclic) bond motifs is 1. The molecule has 1 atom stereocenters. The van der Waals surface area contributed by atoms with Crippen LogP contribution in [0.5, 0.6) is 0 Å². The van der Waals surface area contributed by atoms with E-state index in [0.29, 0.717) is 19.6 Å². The van der Waals surface area contributed by atoms with Crippen molar-refractivity contribution in [3.63, 3.8) is 0 Å². The van der Waals surface area contributed by atoms with Crippen LogP contribution in [0.3, 0.4) is 0 Å². The van der Waals surface area contributed by atoms with Crippen LogP contribution in [-0.4, -0.2) is 42.4 Å². The Morgan fingerprint density at radius 1 is 1.29 bits per heavy atom. The smallest absolute Gasteiger partial charge is 0.264 e. The van der Waals surface area contributed by atoms with Crippen molar-refractivity contribution in [1.82, 2.24) is 10.2 Å². The Kier molecular flexibility index (Phi) is 4.26. The third-order valence-corrected chi connectivity index (χ3v) is 5.52. The first-order valence-electron chi connectivity index (χ1n) is 7.59. The zero-order valence-electron chi connectivity index (χ0n) is 12.1. The van der Waals surface area contributed by atoms with E-state index in [-0.39, 0.29) is 5.91 Å². The Hall–Kier alpha value is -1.40. The Bertz CT molecular complexity index is 532. The average molecular weight is 307 g/mol. The number of hydrogen-bond donors (Lipinski definition) is 2. The number of piperazine rings is 1. The summed E-state index contributed by atoms with van der Waals surface area (Å²) in [6.07, 6.45) is 5.83. The highest BCUT2D eigenvalue weighted by Gasteiger charge is 2.32. The molecule has 0 spiro atoms. The molecule has 1 aromatic heterocycles. The molecular weight excluding hydrogens is 286 g/mol. The second-order valence-corrected chi connectivity index (χ2v) is 6.88. The van der Waals surface area contributed by atoms with Gasteiger partial charge in [0.1, 0.15) is 6.04 Å². The van der Waals surface area contributed by atoms with E-state index in [1.807, 2.05) is 6.07 Å². The molecule has 2 aliphatic rings. The van der Waals surface area contributed by atoms with Gasteiger partial charge in [0.15, 0.2) is 0 Å². The highest BCUT2D eigenvalue weighted by molar-refractivity contribution is 7.14. The number of nitrogens with one attached hydrogen (secondary N) is 1. The summed E-state index contributed by atoms with van der Waals surface area (Å²) in [5.41, 5.74) is 6.75. The lowest BCUT2D eigenvalue weighted by atomic mass is 10.1. The Balaban J connectivity index is 1.82. The van der Waals surface area contributed by atoms with Crippen molar-refractivity contribution in [3.05, 3.63) is 21.4 Å². The SMILES string of the molecule is NC(=O)C1CNCCN1C(=O)c1cc2c(s1)CCCCC2. The summed E-state index contributed by atoms with van der Waals surface area (Å²) in [6.45, 7) is 1.70. The van der Waals surface area contributed by atoms with Crippen molar-refractivity contribution in [2.45, 2.75) is 38.1 Å². The van der Waals surface area contributed by atoms with Crippen molar-refractivity contribution in [2.24, 2.45) is 5.73 Å². The van der Waals surface area contributed by atoms with Crippen LogP contribution in [0.15, 0.2) is 6.07 Å². The summed E-state index contributed by atoms with van der Waals surface area (Å²) < 4.78 is 0. The van der Waals surface area contributed by atoms with Crippen LogP contribution >= 0.6 is 11.3 Å². The van der Waals surface area contributed by atoms with Gasteiger partial charge >= 0.3 is 0 Å². The molecule has 0 saturated carbocycles. The molecule has 2 heterocycles. The van der Waals surface area contributed by atoms with Gasteiger partial charge in [0.25, 0.3) is 5.91 Å². The minimum Gasteiger partial charge on any atom is -0.368 e. The van der Waals surface area contributed by atoms with Gasteiger partial charge < -0.3 is 16.0 Å². The minimum absolute atomic E-state index is 0.0432. The molecule has 6 heteroatoms. The predicted molar refractivity (Wildman–Crippen MR) is 82.5 cm³/mol. The third-order valence-electron chi connectivity index (χ3n) is 4.29. The van der Waals surface area contributed by atoms with Gasteiger partial charge in [-0.3, -0.25) is 9.59 Å². The number of aryl methyl sites for hydroxylation is 2. The van der Waals surface area contributed by atoms with Crippen LogP contribution < -0.4 is 11.1 Å². The first kappa shape index (κ1) is 14.5. The molecule has 2 amide bonds. The monoisotopic (exact) mass is 307 g/mol. The lowest BCUT2D eigenvalue weighted by molar-refractivity contribution is -0.122. The van der Waals surface area contributed by atoms with E-state index in [1.165, 1.54) is 29.7 Å². The van der Waals surface area contributed by atoms with E-state index >= 15 is 0 Å². The molecule has 1 unspecified atom stereocenters. The maximum absolute atomic E-state index is 12.7. The normalized spacial score (nSPS) is 22.5. The van der Waals surface area contributed by atoms with Gasteiger partial charge in [0, 0.05) is 24.5 Å². The van der Waals surface area contributed by atoms with Crippen molar-refractivity contribution in [2.75, 3.05) is 19.6 Å². The summed E-state index contributed by atoms with van der Waals surface area (Å²) in [5, 5.41) is 3.12. The largest absolute Gasteiger partial charge is 0.368 e. The fourth-order valence-electron chi connectivity index (χ4n) is 3.12. The zero-order chi connectivity index (χ0) is 14.8. The quantitative estimate of drug-likeness (QED) is 0.798. The number of amides is 2. The number of primary amides is 1. The van der Waals surface area contributed by atoms with Crippen LogP contribution in [0.25, 0.3) is 0 Å². The molecule has 21 heavy (non-hydrogen) atoms. The Labute approximate surface area is 128 Å². The molecule has 1 aromatic rings. The predicted octanol–water partition coefficient (Wildman–Crippen LogP) is 0.916. The van der Waals surface area contributed by atoms with E-state index in [1.54, 1.807) is 16.2 Å². The highest BCUT2D eigenvalue weighted by atomic mass is 32.1. The van der Waals surface area contributed by atoms with Crippen molar-refractivity contribution >= 4 is 23.2 Å². The molecule has 0 bridgehead atoms. The second-order valence-electron chi connectivity index (χ2n) is 5.74. The van der Waals surface area contributed by atoms with Gasteiger partial charge in [-0.25, -0.2) is 0 Å². The van der Waals surface area contributed by atoms with Gasteiger partial charge in [-0.2, -0.15) is 0 Å². The van der Waals surface area contributed by atoms with Gasteiger partial charge in [-0.1, -0.05) is 6.42 Å². The van der Waals surface area contributed by atoms with Crippen molar-refractivity contribution in [1.29, 1.82) is 0 Å². The lowest BCUT2D eigenvalue weighted by Crippen LogP contribution is -2.58. The Morgan fingerprint density at radius 3 is 2.90 bits per heavy atom. The van der Waals surface area contributed by atoms with E-state index in [0.717, 1.165) is 17.7 Å². The number of nitrogens with two attached hydrogens (primary N) is 1. The molecule has 1 aliphatic carbocycles. The van der Waals surface area contributed by atoms with Crippen LogP contribution in [0, 0.1) is 0 Å². The molecule has 3 N–H and O–H groups in total. The van der Waals surface area contributed by atoms with E-state index in [2.05, 4.69) is 5.32 Å². The molecular formula is C15H21N3O2S. The summed E-state index contributed by atoms with van der Waals surface area (Å²) in [6, 6.07) is 1.50. The minimum atomic E-state index is -0.534. The van der Waals surface area contributed by atoms with Gasteiger partial charge in [-0.15, -0.1) is 11.3 Å². The standard InChI is InChI=1S/C15H21N3O2S/c16-14(19)11-9-17-6-7-18(11)15(20)13-8-10-4-2-1-3-5-12(10)21-13/h8,11,17H,1-7,9H2,(H2,16,19). The van der Waals surface area contributed by atoms with Gasteiger partial charge in [-0.05, 0) is 37.3 Å². The third kappa shape index (κ3) is 2.96. The molecule has 0 radical (unpaired) electrons. The topological polar surface area (TPSA) is 75.4 Å². The first-order chi connectivity index (χ1) is 10.2. The summed E-state index contributed by atoms with van der Waals surface area (Å²) in [7, 11) is 0. The molecule has 1 fully saturated rings. The van der Waals surface area contributed by atoms with Crippen LogP contribution in [-0.2, 0) is 17.6 Å². The number of thiophene rings is 1. The van der Waals surface area contributed by atoms with Crippen molar-refractivity contribution in [3.8, 4) is 0 Å². The second kappa shape index (κ2) is 6.15. The van der Waals surface area contributed by atoms with Crippen LogP contribution in [0.4, 0.5) is 0 Å². The number of rotatable bonds is 2. The summed E-state index contributed by atoms with van der Waals surface area (Å²) in [5.74, 6) is -0.480. The lowest BCUT2D eigenvalue weighted by Gasteiger charge is -2.33. The summed E-state index contributed by atoms with van der Waals surface area (Å²) >= 11 is 1.60. The molecule has 3 rings (SSSR count). The molecule has 0 aromatic carbocycles. The maximum Gasteiger partial charge on any atom is 0.264 e. The van der Waals surface area contributed by atoms with E-state index < -0.39 is 11.9 Å². The molecule has 1 aliphatic heterocycles. The van der Waals surface area contributed by atoms with Crippen LogP contribution in [0.1, 0.15) is 39.4 Å². The number of carbonyl (C=O) groups excluding carboxylic acids is 2. The first-order valence-corrected chi connectivity index (χ1v) is 8.41. The van der Waals surface area contributed by atoms with Gasteiger partial charge in [0.05, 0.1) is 4.88 Å². The zero-order valence-corrected chi connectivity index (χ0v) is 12.9. The summed E-state index contributed by atoms with van der Waals surface area (Å²) in [4.78, 5) is 28.0. The van der Waals surface area contributed by atoms with Crippen molar-refractivity contribution < 1.29 is 9.59 Å². The van der Waals surface area contributed by atoms with Gasteiger partial charge in [0.2, 0.25) is 5.91 Å². The average Bonchev–Trinajstić information content (AvgIpc) is 2.77. The number of nitrogens with zero attached hydrogens (tertiary/aromatic N) is 1. The van der Waals surface area contributed by atoms with Crippen LogP contribution in [0.2, 0.25) is 0 Å². The molecule has 5 nitrogen and oxygen atoms in total. The highest BCUT2D eigenvalue weighted by Crippen LogP contribution is 2.30. The van der Waals surface area contributed by atoms with E-state index in [9.17, 15) is 9.59 Å². The maximum atomic E-state index is 12.7. The number of hydrogen-bond acceptors (Lipinski definition) is 4. The molecule has 1 saturated heterocycles. The molecule has 114 valence electrons. The number of carbonyl (C=O) groups is 2. The fourth-order valence-corrected chi connectivity index (χ4v) is 4.33. The van der Waals surface area contributed by atoms with E-state index in [4.69, 9.17) is 5.73 Å².